The van der Waals surface area contributed by atoms with Crippen LogP contribution in [0.25, 0.3) is 0 Å². The van der Waals surface area contributed by atoms with E-state index < -0.39 is 0 Å². The molecule has 0 N–H and O–H groups in total. The molecule has 2 aromatic heterocycles. The van der Waals surface area contributed by atoms with Crippen molar-refractivity contribution < 1.29 is 9.47 Å². The van der Waals surface area contributed by atoms with Crippen molar-refractivity contribution in [1.82, 2.24) is 28.7 Å². The molecule has 2 saturated heterocycles. The van der Waals surface area contributed by atoms with E-state index in [0.29, 0.717) is 13.2 Å². The van der Waals surface area contributed by atoms with Crippen LogP contribution in [-0.4, -0.2) is 112 Å². The summed E-state index contributed by atoms with van der Waals surface area (Å²) < 4.78 is 13.5. The van der Waals surface area contributed by atoms with Crippen molar-refractivity contribution in [2.75, 3.05) is 92.4 Å². The topological polar surface area (TPSA) is 50.7 Å². The van der Waals surface area contributed by atoms with E-state index in [9.17, 15) is 0 Å². The quantitative estimate of drug-likeness (QED) is 0.213. The third kappa shape index (κ3) is 8.01. The lowest BCUT2D eigenvalue weighted by atomic mass is 10.1. The first-order chi connectivity index (χ1) is 20.6. The molecular weight excluding hydrogens is 524 g/mol. The number of piperazine rings is 2. The Morgan fingerprint density at radius 1 is 0.690 bits per heavy atom. The predicted molar refractivity (Wildman–Crippen MR) is 171 cm³/mol. The Labute approximate surface area is 252 Å². The molecule has 0 unspecified atom stereocenters. The standard InChI is InChI=1S/C34H50N6O2/c1-3-23-41-25-26-42-24-22-39(33-6-4-12-35-27-33)20-16-38(17-21-39)29-31-8-10-32(11-9-31)30-40(18-14-37(2)15-19-40)34-7-5-13-36-28-34/h4-13,27-28H,3,14-26,29-30H2,1-2H3/q+2. The summed E-state index contributed by atoms with van der Waals surface area (Å²) in [5, 5.41) is 0. The molecule has 0 amide bonds. The number of quaternary nitrogens is 2. The molecular formula is C34H50N6O2+2. The van der Waals surface area contributed by atoms with Gasteiger partial charge in [0.25, 0.3) is 0 Å². The minimum atomic E-state index is 0.661. The highest BCUT2D eigenvalue weighted by molar-refractivity contribution is 5.42. The Morgan fingerprint density at radius 3 is 1.86 bits per heavy atom. The average Bonchev–Trinajstić information content (AvgIpc) is 3.04. The largest absolute Gasteiger partial charge is 0.379 e. The lowest BCUT2D eigenvalue weighted by molar-refractivity contribution is 0.0324. The van der Waals surface area contributed by atoms with Crippen LogP contribution in [0.1, 0.15) is 24.5 Å². The number of hydrogen-bond donors (Lipinski definition) is 0. The Hall–Kier alpha value is -2.72. The summed E-state index contributed by atoms with van der Waals surface area (Å²) >= 11 is 0. The first-order valence-electron chi connectivity index (χ1n) is 15.8. The van der Waals surface area contributed by atoms with E-state index in [4.69, 9.17) is 9.47 Å². The Balaban J connectivity index is 1.16. The number of hydrogen-bond acceptors (Lipinski definition) is 6. The summed E-state index contributed by atoms with van der Waals surface area (Å²) in [5.41, 5.74) is 5.41. The maximum atomic E-state index is 5.98. The number of ether oxygens (including phenoxy) is 2. The first kappa shape index (κ1) is 30.7. The van der Waals surface area contributed by atoms with Crippen molar-refractivity contribution in [2.45, 2.75) is 26.4 Å². The zero-order valence-corrected chi connectivity index (χ0v) is 25.7. The van der Waals surface area contributed by atoms with E-state index >= 15 is 0 Å². The third-order valence-electron chi connectivity index (χ3n) is 9.19. The molecule has 1 aromatic carbocycles. The van der Waals surface area contributed by atoms with Gasteiger partial charge in [0.05, 0.1) is 58.4 Å². The van der Waals surface area contributed by atoms with Crippen LogP contribution in [0.5, 0.6) is 0 Å². The van der Waals surface area contributed by atoms with Crippen molar-refractivity contribution in [3.8, 4) is 0 Å². The molecule has 0 aliphatic carbocycles. The Morgan fingerprint density at radius 2 is 1.26 bits per heavy atom. The van der Waals surface area contributed by atoms with Crippen LogP contribution in [0.15, 0.2) is 73.3 Å². The lowest BCUT2D eigenvalue weighted by Gasteiger charge is -2.44. The van der Waals surface area contributed by atoms with Gasteiger partial charge in [-0.1, -0.05) is 31.2 Å². The zero-order chi connectivity index (χ0) is 29.1. The van der Waals surface area contributed by atoms with Gasteiger partial charge in [0.15, 0.2) is 11.4 Å². The van der Waals surface area contributed by atoms with Crippen molar-refractivity contribution in [3.63, 3.8) is 0 Å². The Kier molecular flexibility index (Phi) is 11.1. The molecule has 4 heterocycles. The number of pyridine rings is 2. The molecule has 0 saturated carbocycles. The van der Waals surface area contributed by atoms with Crippen LogP contribution in [-0.2, 0) is 22.6 Å². The van der Waals surface area contributed by atoms with Gasteiger partial charge in [-0.05, 0) is 31.2 Å². The predicted octanol–water partition coefficient (Wildman–Crippen LogP) is 4.20. The number of rotatable bonds is 14. The van der Waals surface area contributed by atoms with Crippen molar-refractivity contribution in [2.24, 2.45) is 0 Å². The molecule has 0 bridgehead atoms. The van der Waals surface area contributed by atoms with Gasteiger partial charge in [0.2, 0.25) is 0 Å². The molecule has 226 valence electrons. The smallest absolute Gasteiger partial charge is 0.151 e. The maximum Gasteiger partial charge on any atom is 0.151 e. The summed E-state index contributed by atoms with van der Waals surface area (Å²) in [6.07, 6.45) is 8.90. The Bertz CT molecular complexity index is 1180. The summed E-state index contributed by atoms with van der Waals surface area (Å²) in [5.74, 6) is 0. The van der Waals surface area contributed by atoms with E-state index in [1.807, 2.05) is 18.6 Å². The second kappa shape index (κ2) is 15.1. The minimum Gasteiger partial charge on any atom is -0.379 e. The maximum absolute atomic E-state index is 5.98. The fraction of sp³-hybridized carbons (Fsp3) is 0.529. The third-order valence-corrected chi connectivity index (χ3v) is 9.19. The molecule has 0 spiro atoms. The molecule has 42 heavy (non-hydrogen) atoms. The molecule has 3 aromatic rings. The number of likely N-dealkylation sites (N-methyl/N-ethyl adjacent to an activating group) is 1. The molecule has 8 heteroatoms. The van der Waals surface area contributed by atoms with Crippen molar-refractivity contribution >= 4 is 11.4 Å². The summed E-state index contributed by atoms with van der Waals surface area (Å²) in [4.78, 5) is 13.9. The van der Waals surface area contributed by atoms with E-state index in [2.05, 4.69) is 88.5 Å². The zero-order valence-electron chi connectivity index (χ0n) is 25.7. The lowest BCUT2D eigenvalue weighted by Crippen LogP contribution is -2.61. The van der Waals surface area contributed by atoms with Gasteiger partial charge in [0.1, 0.15) is 13.1 Å². The molecule has 0 atom stereocenters. The highest BCUT2D eigenvalue weighted by Crippen LogP contribution is 2.28. The number of aromatic nitrogens is 2. The van der Waals surface area contributed by atoms with Crippen molar-refractivity contribution in [1.29, 1.82) is 0 Å². The number of benzene rings is 1. The van der Waals surface area contributed by atoms with Gasteiger partial charge in [-0.15, -0.1) is 0 Å². The van der Waals surface area contributed by atoms with Crippen LogP contribution >= 0.6 is 0 Å². The summed E-state index contributed by atoms with van der Waals surface area (Å²) in [6.45, 7) is 16.7. The summed E-state index contributed by atoms with van der Waals surface area (Å²) in [7, 11) is 2.23. The highest BCUT2D eigenvalue weighted by atomic mass is 16.5. The van der Waals surface area contributed by atoms with Gasteiger partial charge >= 0.3 is 0 Å². The van der Waals surface area contributed by atoms with E-state index in [0.717, 1.165) is 101 Å². The van der Waals surface area contributed by atoms with Crippen LogP contribution in [0.3, 0.4) is 0 Å². The van der Waals surface area contributed by atoms with Gasteiger partial charge in [0, 0.05) is 69.4 Å². The van der Waals surface area contributed by atoms with Crippen LogP contribution in [0, 0.1) is 0 Å². The second-order valence-electron chi connectivity index (χ2n) is 12.1. The molecule has 2 aliphatic rings. The van der Waals surface area contributed by atoms with Crippen LogP contribution < -0.4 is 8.97 Å². The van der Waals surface area contributed by atoms with E-state index in [-0.39, 0.29) is 0 Å². The molecule has 2 fully saturated rings. The fourth-order valence-electron chi connectivity index (χ4n) is 6.45. The minimum absolute atomic E-state index is 0.661. The van der Waals surface area contributed by atoms with Gasteiger partial charge < -0.3 is 9.47 Å². The molecule has 2 aliphatic heterocycles. The fourth-order valence-corrected chi connectivity index (χ4v) is 6.45. The summed E-state index contributed by atoms with van der Waals surface area (Å²) in [6, 6.07) is 18.0. The SMILES string of the molecule is CCCOCCOCC[N+]1(c2cccnc2)CCN(Cc2ccc(C[N+]3(c4cccnc4)CCN(C)CC3)cc2)CC1. The first-order valence-corrected chi connectivity index (χ1v) is 15.8. The van der Waals surface area contributed by atoms with E-state index in [1.165, 1.54) is 22.5 Å². The van der Waals surface area contributed by atoms with Gasteiger partial charge in [-0.2, -0.15) is 0 Å². The van der Waals surface area contributed by atoms with Gasteiger partial charge in [-0.25, -0.2) is 0 Å². The molecule has 5 rings (SSSR count). The monoisotopic (exact) mass is 574 g/mol. The normalized spacial score (nSPS) is 19.1. The van der Waals surface area contributed by atoms with Crippen molar-refractivity contribution in [3.05, 3.63) is 84.4 Å². The molecule has 0 radical (unpaired) electrons. The second-order valence-corrected chi connectivity index (χ2v) is 12.1. The van der Waals surface area contributed by atoms with Gasteiger partial charge in [-0.3, -0.25) is 28.7 Å². The molecule has 8 nitrogen and oxygen atoms in total. The number of nitrogens with zero attached hydrogens (tertiary/aromatic N) is 6. The van der Waals surface area contributed by atoms with Crippen LogP contribution in [0.2, 0.25) is 0 Å². The van der Waals surface area contributed by atoms with Crippen LogP contribution in [0.4, 0.5) is 11.4 Å². The average molecular weight is 575 g/mol. The highest BCUT2D eigenvalue weighted by Gasteiger charge is 2.36. The van der Waals surface area contributed by atoms with E-state index in [1.54, 1.807) is 0 Å².